The summed E-state index contributed by atoms with van der Waals surface area (Å²) in [6, 6.07) is 2.25. The van der Waals surface area contributed by atoms with Gasteiger partial charge in [0.05, 0.1) is 0 Å². The van der Waals surface area contributed by atoms with Gasteiger partial charge in [0.25, 0.3) is 5.91 Å². The molecule has 98 valence electrons. The number of carbonyl (C=O) groups is 1. The summed E-state index contributed by atoms with van der Waals surface area (Å²) in [7, 11) is 0. The lowest BCUT2D eigenvalue weighted by Crippen LogP contribution is -2.43. The van der Waals surface area contributed by atoms with E-state index in [0.29, 0.717) is 6.04 Å². The fraction of sp³-hybridized carbons (Fsp3) is 0.500. The van der Waals surface area contributed by atoms with E-state index in [1.807, 2.05) is 32.2 Å². The van der Waals surface area contributed by atoms with Crippen LogP contribution in [0.3, 0.4) is 0 Å². The SMILES string of the molecule is C/C=C(/C(=O)NC1CCNCC1)c1cc[nH]c1C. The van der Waals surface area contributed by atoms with Crippen molar-refractivity contribution in [3.8, 4) is 0 Å². The molecule has 4 nitrogen and oxygen atoms in total. The van der Waals surface area contributed by atoms with Gasteiger partial charge in [0, 0.05) is 29.1 Å². The zero-order chi connectivity index (χ0) is 13.0. The molecule has 18 heavy (non-hydrogen) atoms. The van der Waals surface area contributed by atoms with E-state index in [1.54, 1.807) is 0 Å². The molecule has 1 saturated heterocycles. The lowest BCUT2D eigenvalue weighted by molar-refractivity contribution is -0.116. The summed E-state index contributed by atoms with van der Waals surface area (Å²) < 4.78 is 0. The van der Waals surface area contributed by atoms with Crippen molar-refractivity contribution in [2.45, 2.75) is 32.7 Å². The average Bonchev–Trinajstić information content (AvgIpc) is 2.78. The van der Waals surface area contributed by atoms with Crippen LogP contribution in [-0.4, -0.2) is 30.0 Å². The molecule has 2 heterocycles. The van der Waals surface area contributed by atoms with E-state index >= 15 is 0 Å². The van der Waals surface area contributed by atoms with Gasteiger partial charge in [0.1, 0.15) is 0 Å². The van der Waals surface area contributed by atoms with E-state index in [1.165, 1.54) is 0 Å². The maximum Gasteiger partial charge on any atom is 0.251 e. The molecule has 1 aromatic heterocycles. The Morgan fingerprint density at radius 1 is 1.44 bits per heavy atom. The van der Waals surface area contributed by atoms with Crippen LogP contribution in [-0.2, 0) is 4.79 Å². The predicted octanol–water partition coefficient (Wildman–Crippen LogP) is 1.59. The first-order chi connectivity index (χ1) is 8.72. The molecular weight excluding hydrogens is 226 g/mol. The average molecular weight is 247 g/mol. The van der Waals surface area contributed by atoms with Gasteiger partial charge in [-0.3, -0.25) is 4.79 Å². The third kappa shape index (κ3) is 2.82. The van der Waals surface area contributed by atoms with Crippen LogP contribution in [0, 0.1) is 6.92 Å². The van der Waals surface area contributed by atoms with Crippen LogP contribution in [0.5, 0.6) is 0 Å². The molecule has 0 saturated carbocycles. The number of H-pyrrole nitrogens is 1. The van der Waals surface area contributed by atoms with Gasteiger partial charge in [-0.25, -0.2) is 0 Å². The fourth-order valence-corrected chi connectivity index (χ4v) is 2.38. The van der Waals surface area contributed by atoms with E-state index in [2.05, 4.69) is 15.6 Å². The number of rotatable bonds is 3. The second-order valence-corrected chi connectivity index (χ2v) is 4.72. The van der Waals surface area contributed by atoms with E-state index in [4.69, 9.17) is 0 Å². The molecule has 0 atom stereocenters. The number of hydrogen-bond acceptors (Lipinski definition) is 2. The highest BCUT2D eigenvalue weighted by Crippen LogP contribution is 2.18. The molecule has 1 amide bonds. The monoisotopic (exact) mass is 247 g/mol. The van der Waals surface area contributed by atoms with Gasteiger partial charge >= 0.3 is 0 Å². The first-order valence-electron chi connectivity index (χ1n) is 6.54. The second kappa shape index (κ2) is 5.87. The Labute approximate surface area is 108 Å². The van der Waals surface area contributed by atoms with Gasteiger partial charge in [-0.05, 0) is 45.8 Å². The lowest BCUT2D eigenvalue weighted by atomic mass is 10.0. The zero-order valence-corrected chi connectivity index (χ0v) is 11.0. The van der Waals surface area contributed by atoms with Crippen molar-refractivity contribution in [3.63, 3.8) is 0 Å². The Balaban J connectivity index is 2.05. The third-order valence-corrected chi connectivity index (χ3v) is 3.45. The lowest BCUT2D eigenvalue weighted by Gasteiger charge is -2.24. The van der Waals surface area contributed by atoms with Crippen LogP contribution in [0.25, 0.3) is 5.57 Å². The highest BCUT2D eigenvalue weighted by atomic mass is 16.1. The summed E-state index contributed by atoms with van der Waals surface area (Å²) in [5, 5.41) is 6.42. The molecule has 2 rings (SSSR count). The Morgan fingerprint density at radius 3 is 2.72 bits per heavy atom. The van der Waals surface area contributed by atoms with Gasteiger partial charge in [0.15, 0.2) is 0 Å². The van der Waals surface area contributed by atoms with Gasteiger partial charge < -0.3 is 15.6 Å². The Hall–Kier alpha value is -1.55. The number of piperidine rings is 1. The number of amides is 1. The molecule has 1 aliphatic rings. The normalized spacial score (nSPS) is 17.8. The second-order valence-electron chi connectivity index (χ2n) is 4.72. The first-order valence-corrected chi connectivity index (χ1v) is 6.54. The molecule has 1 fully saturated rings. The number of hydrogen-bond donors (Lipinski definition) is 3. The Kier molecular flexibility index (Phi) is 4.20. The number of aryl methyl sites for hydroxylation is 1. The van der Waals surface area contributed by atoms with E-state index in [9.17, 15) is 4.79 Å². The van der Waals surface area contributed by atoms with Gasteiger partial charge in [0.2, 0.25) is 0 Å². The molecule has 3 N–H and O–H groups in total. The van der Waals surface area contributed by atoms with Crippen molar-refractivity contribution in [1.29, 1.82) is 0 Å². The minimum atomic E-state index is 0.0344. The molecule has 4 heteroatoms. The van der Waals surface area contributed by atoms with Gasteiger partial charge in [-0.1, -0.05) is 6.08 Å². The highest BCUT2D eigenvalue weighted by molar-refractivity contribution is 6.19. The summed E-state index contributed by atoms with van der Waals surface area (Å²) >= 11 is 0. The Bertz CT molecular complexity index is 442. The molecule has 1 aliphatic heterocycles. The third-order valence-electron chi connectivity index (χ3n) is 3.45. The number of nitrogens with one attached hydrogen (secondary N) is 3. The number of aromatic nitrogens is 1. The van der Waals surface area contributed by atoms with Gasteiger partial charge in [-0.2, -0.15) is 0 Å². The van der Waals surface area contributed by atoms with Crippen LogP contribution < -0.4 is 10.6 Å². The molecule has 0 bridgehead atoms. The molecule has 0 aliphatic carbocycles. The van der Waals surface area contributed by atoms with Gasteiger partial charge in [-0.15, -0.1) is 0 Å². The minimum Gasteiger partial charge on any atom is -0.365 e. The van der Waals surface area contributed by atoms with Crippen LogP contribution in [0.2, 0.25) is 0 Å². The highest BCUT2D eigenvalue weighted by Gasteiger charge is 2.19. The first kappa shape index (κ1) is 12.9. The Morgan fingerprint density at radius 2 is 2.17 bits per heavy atom. The molecular formula is C14H21N3O. The van der Waals surface area contributed by atoms with Crippen molar-refractivity contribution < 1.29 is 4.79 Å². The van der Waals surface area contributed by atoms with Crippen LogP contribution >= 0.6 is 0 Å². The minimum absolute atomic E-state index is 0.0344. The maximum absolute atomic E-state index is 12.3. The maximum atomic E-state index is 12.3. The topological polar surface area (TPSA) is 56.9 Å². The molecule has 0 spiro atoms. The molecule has 0 unspecified atom stereocenters. The number of allylic oxidation sites excluding steroid dienone is 1. The summed E-state index contributed by atoms with van der Waals surface area (Å²) in [5.74, 6) is 0.0344. The van der Waals surface area contributed by atoms with Crippen LogP contribution in [0.15, 0.2) is 18.3 Å². The number of carbonyl (C=O) groups excluding carboxylic acids is 1. The molecule has 1 aromatic rings. The summed E-state index contributed by atoms with van der Waals surface area (Å²) in [4.78, 5) is 15.4. The standard InChI is InChI=1S/C14H21N3O/c1-3-12(13-6-9-16-10(13)2)14(18)17-11-4-7-15-8-5-11/h3,6,9,11,15-16H,4-5,7-8H2,1-2H3,(H,17,18)/b12-3+. The predicted molar refractivity (Wildman–Crippen MR) is 73.2 cm³/mol. The zero-order valence-electron chi connectivity index (χ0n) is 11.0. The summed E-state index contributed by atoms with van der Waals surface area (Å²) in [5.41, 5.74) is 2.78. The van der Waals surface area contributed by atoms with Crippen molar-refractivity contribution in [2.75, 3.05) is 13.1 Å². The quantitative estimate of drug-likeness (QED) is 0.711. The van der Waals surface area contributed by atoms with E-state index < -0.39 is 0 Å². The van der Waals surface area contributed by atoms with Crippen molar-refractivity contribution in [3.05, 3.63) is 29.6 Å². The largest absolute Gasteiger partial charge is 0.365 e. The number of aromatic amines is 1. The molecule has 0 radical (unpaired) electrons. The van der Waals surface area contributed by atoms with Crippen molar-refractivity contribution >= 4 is 11.5 Å². The van der Waals surface area contributed by atoms with Crippen molar-refractivity contribution in [2.24, 2.45) is 0 Å². The van der Waals surface area contributed by atoms with E-state index in [0.717, 1.165) is 42.8 Å². The van der Waals surface area contributed by atoms with Crippen LogP contribution in [0.1, 0.15) is 31.0 Å². The van der Waals surface area contributed by atoms with Crippen molar-refractivity contribution in [1.82, 2.24) is 15.6 Å². The molecule has 0 aromatic carbocycles. The van der Waals surface area contributed by atoms with Crippen LogP contribution in [0.4, 0.5) is 0 Å². The van der Waals surface area contributed by atoms with E-state index in [-0.39, 0.29) is 5.91 Å². The smallest absolute Gasteiger partial charge is 0.251 e. The summed E-state index contributed by atoms with van der Waals surface area (Å²) in [6.45, 7) is 5.86. The fourth-order valence-electron chi connectivity index (χ4n) is 2.38. The summed E-state index contributed by atoms with van der Waals surface area (Å²) in [6.07, 6.45) is 5.77.